The number of nitrogens with one attached hydrogen (secondary N) is 1. The highest BCUT2D eigenvalue weighted by atomic mass is 35.5. The normalized spacial score (nSPS) is 11.4. The molecule has 0 radical (unpaired) electrons. The zero-order valence-electron chi connectivity index (χ0n) is 17.8. The number of hydrogen-bond donors (Lipinski definition) is 1. The van der Waals surface area contributed by atoms with E-state index in [1.54, 1.807) is 59.1 Å². The largest absolute Gasteiger partial charge is 0.494 e. The van der Waals surface area contributed by atoms with Crippen molar-refractivity contribution in [3.63, 3.8) is 0 Å². The van der Waals surface area contributed by atoms with Gasteiger partial charge in [-0.05, 0) is 61.0 Å². The number of carbonyl (C=O) groups excluding carboxylic acids is 2. The van der Waals surface area contributed by atoms with Crippen LogP contribution >= 0.6 is 11.6 Å². The number of Topliss-reactive ketones (excluding diaryl/α,β-unsaturated/α-hetero) is 1. The number of halogens is 4. The molecule has 0 fully saturated rings. The predicted octanol–water partition coefficient (Wildman–Crippen LogP) is 6.50. The minimum Gasteiger partial charge on any atom is -0.494 e. The Hall–Kier alpha value is -3.78. The molecule has 34 heavy (non-hydrogen) atoms. The fourth-order valence-electron chi connectivity index (χ4n) is 3.59. The van der Waals surface area contributed by atoms with Crippen LogP contribution in [0.1, 0.15) is 23.0 Å². The van der Waals surface area contributed by atoms with Gasteiger partial charge in [-0.15, -0.1) is 0 Å². The quantitative estimate of drug-likeness (QED) is 0.250. The van der Waals surface area contributed by atoms with Crippen molar-refractivity contribution in [2.45, 2.75) is 13.1 Å². The van der Waals surface area contributed by atoms with Gasteiger partial charge in [-0.2, -0.15) is 13.2 Å². The summed E-state index contributed by atoms with van der Waals surface area (Å²) in [6.45, 7) is 2.36. The lowest BCUT2D eigenvalue weighted by Crippen LogP contribution is -2.25. The van der Waals surface area contributed by atoms with E-state index >= 15 is 0 Å². The van der Waals surface area contributed by atoms with E-state index in [4.69, 9.17) is 16.3 Å². The van der Waals surface area contributed by atoms with Crippen LogP contribution in [0, 0.1) is 0 Å². The second-order valence-corrected chi connectivity index (χ2v) is 7.74. The second kappa shape index (κ2) is 9.23. The van der Waals surface area contributed by atoms with Gasteiger partial charge in [0.15, 0.2) is 0 Å². The predicted molar refractivity (Wildman–Crippen MR) is 123 cm³/mol. The first-order valence-corrected chi connectivity index (χ1v) is 10.6. The number of nitrogens with zero attached hydrogens (tertiary/aromatic N) is 1. The molecule has 0 aliphatic rings. The molecule has 5 nitrogen and oxygen atoms in total. The first-order valence-electron chi connectivity index (χ1n) is 10.2. The van der Waals surface area contributed by atoms with Crippen LogP contribution in [-0.2, 0) is 11.0 Å². The van der Waals surface area contributed by atoms with Crippen molar-refractivity contribution in [3.05, 3.63) is 89.2 Å². The van der Waals surface area contributed by atoms with Crippen molar-refractivity contribution < 1.29 is 27.5 Å². The van der Waals surface area contributed by atoms with Crippen molar-refractivity contribution in [1.29, 1.82) is 0 Å². The van der Waals surface area contributed by atoms with Crippen molar-refractivity contribution >= 4 is 34.5 Å². The molecule has 0 aliphatic heterocycles. The van der Waals surface area contributed by atoms with Gasteiger partial charge in [0.05, 0.1) is 17.2 Å². The van der Waals surface area contributed by atoms with E-state index in [1.807, 2.05) is 6.92 Å². The van der Waals surface area contributed by atoms with Crippen LogP contribution in [0.4, 0.5) is 18.9 Å². The molecule has 0 saturated heterocycles. The van der Waals surface area contributed by atoms with E-state index in [0.29, 0.717) is 35.1 Å². The number of benzene rings is 2. The van der Waals surface area contributed by atoms with Gasteiger partial charge in [0.25, 0.3) is 11.7 Å². The molecule has 2 heterocycles. The molecule has 0 saturated carbocycles. The van der Waals surface area contributed by atoms with E-state index in [-0.39, 0.29) is 11.4 Å². The molecule has 2 aromatic heterocycles. The van der Waals surface area contributed by atoms with Gasteiger partial charge in [-0.1, -0.05) is 29.8 Å². The van der Waals surface area contributed by atoms with Gasteiger partial charge < -0.3 is 14.5 Å². The Morgan fingerprint density at radius 3 is 2.44 bits per heavy atom. The van der Waals surface area contributed by atoms with Crippen molar-refractivity contribution in [2.24, 2.45) is 0 Å². The molecule has 0 atom stereocenters. The summed E-state index contributed by atoms with van der Waals surface area (Å²) in [6, 6.07) is 17.0. The summed E-state index contributed by atoms with van der Waals surface area (Å²) in [5, 5.41) is 1.75. The number of aromatic nitrogens is 1. The Morgan fingerprint density at radius 2 is 1.76 bits per heavy atom. The number of fused-ring (bicyclic) bond motifs is 1. The summed E-state index contributed by atoms with van der Waals surface area (Å²) in [5.74, 6) is -1.33. The lowest BCUT2D eigenvalue weighted by molar-refractivity contribution is -0.137. The molecule has 0 spiro atoms. The fraction of sp³-hybridized carbons (Fsp3) is 0.120. The van der Waals surface area contributed by atoms with Crippen LogP contribution in [0.3, 0.4) is 0 Å². The molecule has 0 unspecified atom stereocenters. The Bertz CT molecular complexity index is 1380. The molecule has 4 aromatic rings. The van der Waals surface area contributed by atoms with Gasteiger partial charge in [0.2, 0.25) is 0 Å². The molecule has 0 aliphatic carbocycles. The Balaban J connectivity index is 1.71. The van der Waals surface area contributed by atoms with Crippen molar-refractivity contribution in [1.82, 2.24) is 4.40 Å². The Morgan fingerprint density at radius 1 is 1.03 bits per heavy atom. The van der Waals surface area contributed by atoms with Crippen LogP contribution < -0.4 is 10.1 Å². The summed E-state index contributed by atoms with van der Waals surface area (Å²) >= 11 is 5.63. The molecule has 9 heteroatoms. The Kier molecular flexibility index (Phi) is 6.34. The van der Waals surface area contributed by atoms with Gasteiger partial charge in [-0.25, -0.2) is 0 Å². The number of ether oxygens (including phenoxy) is 1. The third kappa shape index (κ3) is 4.63. The third-order valence-electron chi connectivity index (χ3n) is 5.11. The number of anilines is 1. The maximum absolute atomic E-state index is 13.2. The average molecular weight is 487 g/mol. The van der Waals surface area contributed by atoms with Crippen molar-refractivity contribution in [2.75, 3.05) is 11.9 Å². The highest BCUT2D eigenvalue weighted by molar-refractivity contribution is 6.47. The first-order chi connectivity index (χ1) is 16.2. The molecule has 1 amide bonds. The molecular weight excluding hydrogens is 469 g/mol. The summed E-state index contributed by atoms with van der Waals surface area (Å²) in [4.78, 5) is 26.0. The summed E-state index contributed by atoms with van der Waals surface area (Å²) in [5.41, 5.74) is 0.632. The van der Waals surface area contributed by atoms with Crippen molar-refractivity contribution in [3.8, 4) is 16.9 Å². The smallest absolute Gasteiger partial charge is 0.417 e. The highest BCUT2D eigenvalue weighted by Gasteiger charge is 2.34. The van der Waals surface area contributed by atoms with E-state index in [2.05, 4.69) is 5.32 Å². The van der Waals surface area contributed by atoms with Crippen LogP contribution in [0.25, 0.3) is 16.6 Å². The monoisotopic (exact) mass is 486 g/mol. The topological polar surface area (TPSA) is 59.8 Å². The van der Waals surface area contributed by atoms with E-state index < -0.39 is 28.5 Å². The van der Waals surface area contributed by atoms with Gasteiger partial charge in [-0.3, -0.25) is 9.59 Å². The number of hydrogen-bond acceptors (Lipinski definition) is 3. The number of rotatable bonds is 6. The van der Waals surface area contributed by atoms with Gasteiger partial charge in [0.1, 0.15) is 11.4 Å². The lowest BCUT2D eigenvalue weighted by atomic mass is 10.0. The molecule has 174 valence electrons. The minimum atomic E-state index is -4.71. The standard InChI is InChI=1S/C25H18ClF3N2O3/c1-2-34-18-9-6-15(7-10-18)19-14-17-5-3-4-12-31(17)22(19)23(32)24(33)30-16-8-11-21(26)20(13-16)25(27,28)29/h3-14H,2H2,1H3,(H,30,33). The number of ketones is 1. The van der Waals surface area contributed by atoms with Gasteiger partial charge in [0, 0.05) is 23.0 Å². The number of amides is 1. The molecule has 4 rings (SSSR count). The SMILES string of the molecule is CCOc1ccc(-c2cc3ccccn3c2C(=O)C(=O)Nc2ccc(Cl)c(C(F)(F)F)c2)cc1. The zero-order chi connectivity index (χ0) is 24.5. The summed E-state index contributed by atoms with van der Waals surface area (Å²) in [7, 11) is 0. The molecule has 0 bridgehead atoms. The van der Waals surface area contributed by atoms with Crippen LogP contribution in [-0.4, -0.2) is 22.7 Å². The number of pyridine rings is 1. The van der Waals surface area contributed by atoms with E-state index in [9.17, 15) is 22.8 Å². The van der Waals surface area contributed by atoms with Crippen LogP contribution in [0.5, 0.6) is 5.75 Å². The molecule has 2 aromatic carbocycles. The molecular formula is C25H18ClF3N2O3. The van der Waals surface area contributed by atoms with Crippen LogP contribution in [0.15, 0.2) is 72.9 Å². The number of alkyl halides is 3. The maximum Gasteiger partial charge on any atom is 0.417 e. The lowest BCUT2D eigenvalue weighted by Gasteiger charge is -2.12. The minimum absolute atomic E-state index is 0.0854. The maximum atomic E-state index is 13.2. The van der Waals surface area contributed by atoms with Gasteiger partial charge >= 0.3 is 6.18 Å². The third-order valence-corrected chi connectivity index (χ3v) is 5.44. The average Bonchev–Trinajstić information content (AvgIpc) is 3.19. The molecule has 1 N–H and O–H groups in total. The second-order valence-electron chi connectivity index (χ2n) is 7.34. The Labute approximate surface area is 197 Å². The first kappa shape index (κ1) is 23.4. The fourth-order valence-corrected chi connectivity index (χ4v) is 3.81. The van der Waals surface area contributed by atoms with E-state index in [1.165, 1.54) is 6.07 Å². The van der Waals surface area contributed by atoms with E-state index in [0.717, 1.165) is 6.07 Å². The number of carbonyl (C=O) groups is 2. The summed E-state index contributed by atoms with van der Waals surface area (Å²) < 4.78 is 46.5. The highest BCUT2D eigenvalue weighted by Crippen LogP contribution is 2.36. The zero-order valence-corrected chi connectivity index (χ0v) is 18.6. The van der Waals surface area contributed by atoms with Crippen LogP contribution in [0.2, 0.25) is 5.02 Å². The summed E-state index contributed by atoms with van der Waals surface area (Å²) in [6.07, 6.45) is -3.07.